The Morgan fingerprint density at radius 2 is 1.09 bits per heavy atom. The van der Waals surface area contributed by atoms with Gasteiger partial charge in [-0.15, -0.1) is 11.3 Å². The molecule has 0 radical (unpaired) electrons. The molecule has 6 heteroatoms. The Morgan fingerprint density at radius 1 is 0.415 bits per heavy atom. The lowest BCUT2D eigenvalue weighted by Crippen LogP contribution is -2.06. The van der Waals surface area contributed by atoms with E-state index < -0.39 is 0 Å². The molecule has 0 aliphatic heterocycles. The summed E-state index contributed by atoms with van der Waals surface area (Å²) in [5.41, 5.74) is 8.61. The van der Waals surface area contributed by atoms with Crippen molar-refractivity contribution in [2.75, 3.05) is 0 Å². The van der Waals surface area contributed by atoms with Crippen LogP contribution in [-0.2, 0) is 0 Å². The molecule has 0 amide bonds. The van der Waals surface area contributed by atoms with E-state index in [1.165, 1.54) is 31.1 Å². The van der Waals surface area contributed by atoms with E-state index in [2.05, 4.69) is 167 Å². The van der Waals surface area contributed by atoms with Gasteiger partial charge in [-0.25, -0.2) is 4.98 Å². The maximum atomic E-state index is 5.30. The number of fused-ring (bicyclic) bond motifs is 7. The van der Waals surface area contributed by atoms with Crippen LogP contribution in [-0.4, -0.2) is 24.1 Å². The minimum Gasteiger partial charge on any atom is -0.309 e. The monoisotopic (exact) mass is 695 g/mol. The molecular weight excluding hydrogens is 667 g/mol. The van der Waals surface area contributed by atoms with Gasteiger partial charge in [-0.05, 0) is 60.2 Å². The molecule has 53 heavy (non-hydrogen) atoms. The van der Waals surface area contributed by atoms with Crippen LogP contribution in [0.3, 0.4) is 0 Å². The summed E-state index contributed by atoms with van der Waals surface area (Å²) in [5.74, 6) is 1.88. The lowest BCUT2D eigenvalue weighted by Gasteiger charge is -2.12. The Bertz CT molecular complexity index is 3170. The quantitative estimate of drug-likeness (QED) is 0.180. The maximum Gasteiger partial charge on any atom is 0.238 e. The number of benzene rings is 7. The normalized spacial score (nSPS) is 11.8. The first-order chi connectivity index (χ1) is 26.3. The number of rotatable bonds is 5. The Balaban J connectivity index is 1.16. The fourth-order valence-electron chi connectivity index (χ4n) is 7.79. The third kappa shape index (κ3) is 4.73. The van der Waals surface area contributed by atoms with Gasteiger partial charge in [0, 0.05) is 53.1 Å². The molecule has 0 spiro atoms. The molecule has 0 atom stereocenters. The number of hydrogen-bond donors (Lipinski definition) is 0. The van der Waals surface area contributed by atoms with Gasteiger partial charge in [0.15, 0.2) is 11.6 Å². The van der Waals surface area contributed by atoms with E-state index in [0.29, 0.717) is 17.6 Å². The summed E-state index contributed by atoms with van der Waals surface area (Å²) < 4.78 is 6.97. The number of nitrogens with zero attached hydrogens (tertiary/aromatic N) is 5. The first kappa shape index (κ1) is 29.8. The fraction of sp³-hybridized carbons (Fsp3) is 0. The minimum atomic E-state index is 0.587. The lowest BCUT2D eigenvalue weighted by molar-refractivity contribution is 0.954. The predicted molar refractivity (Wildman–Crippen MR) is 220 cm³/mol. The van der Waals surface area contributed by atoms with Crippen LogP contribution < -0.4 is 0 Å². The largest absolute Gasteiger partial charge is 0.309 e. The second kappa shape index (κ2) is 11.8. The number of para-hydroxylation sites is 3. The van der Waals surface area contributed by atoms with Crippen LogP contribution >= 0.6 is 11.3 Å². The van der Waals surface area contributed by atoms with E-state index in [4.69, 9.17) is 15.0 Å². The van der Waals surface area contributed by atoms with Crippen molar-refractivity contribution in [1.29, 1.82) is 0 Å². The molecule has 4 aromatic heterocycles. The molecule has 11 aromatic rings. The summed E-state index contributed by atoms with van der Waals surface area (Å²) in [6.45, 7) is 0. The molecule has 11 rings (SSSR count). The van der Waals surface area contributed by atoms with Crippen LogP contribution in [0.4, 0.5) is 0 Å². The Kier molecular flexibility index (Phi) is 6.66. The van der Waals surface area contributed by atoms with Crippen molar-refractivity contribution in [3.63, 3.8) is 0 Å². The van der Waals surface area contributed by atoms with E-state index in [-0.39, 0.29) is 0 Å². The molecule has 0 N–H and O–H groups in total. The average Bonchev–Trinajstić information content (AvgIpc) is 3.91. The van der Waals surface area contributed by atoms with Gasteiger partial charge < -0.3 is 4.57 Å². The molecule has 0 saturated heterocycles. The summed E-state index contributed by atoms with van der Waals surface area (Å²) >= 11 is 1.78. The SMILES string of the molecule is c1ccc(-c2nc(-c3cccc4c3sc3ccccc34)nc(-n3c4ccccc4c4cc(-c5cc6ccccc6n5-c5ccccc5)ccc43)n2)cc1. The standard InChI is InChI=1S/C47H29N5S/c1-3-14-30(15-4-1)45-48-46(37-22-13-21-36-35-20-9-12-25-43(35)53-44(36)37)50-47(49-45)52-40-24-11-8-19-34(40)38-28-32(26-27-41(38)52)42-29-31-16-7-10-23-39(31)51(42)33-17-5-2-6-18-33/h1-29H. The van der Waals surface area contributed by atoms with Crippen molar-refractivity contribution in [3.05, 3.63) is 176 Å². The van der Waals surface area contributed by atoms with Crippen LogP contribution in [0.15, 0.2) is 176 Å². The first-order valence-electron chi connectivity index (χ1n) is 17.7. The Labute approximate surface area is 308 Å². The smallest absolute Gasteiger partial charge is 0.238 e. The molecule has 0 aliphatic rings. The summed E-state index contributed by atoms with van der Waals surface area (Å²) in [6.07, 6.45) is 0. The van der Waals surface area contributed by atoms with Gasteiger partial charge in [-0.1, -0.05) is 121 Å². The highest BCUT2D eigenvalue weighted by Crippen LogP contribution is 2.41. The summed E-state index contributed by atoms with van der Waals surface area (Å²) in [7, 11) is 0. The second-order valence-corrected chi connectivity index (χ2v) is 14.3. The molecule has 0 bridgehead atoms. The predicted octanol–water partition coefficient (Wildman–Crippen LogP) is 12.3. The molecule has 248 valence electrons. The van der Waals surface area contributed by atoms with E-state index in [1.807, 2.05) is 18.2 Å². The minimum absolute atomic E-state index is 0.587. The summed E-state index contributed by atoms with van der Waals surface area (Å²) in [4.78, 5) is 15.6. The van der Waals surface area contributed by atoms with Crippen molar-refractivity contribution < 1.29 is 0 Å². The zero-order valence-corrected chi connectivity index (χ0v) is 29.2. The molecule has 5 nitrogen and oxygen atoms in total. The van der Waals surface area contributed by atoms with Crippen LogP contribution in [0.2, 0.25) is 0 Å². The van der Waals surface area contributed by atoms with Gasteiger partial charge in [0.2, 0.25) is 5.95 Å². The number of aromatic nitrogens is 5. The van der Waals surface area contributed by atoms with Crippen molar-refractivity contribution in [2.45, 2.75) is 0 Å². The van der Waals surface area contributed by atoms with Crippen molar-refractivity contribution in [1.82, 2.24) is 24.1 Å². The van der Waals surface area contributed by atoms with Gasteiger partial charge in [0.25, 0.3) is 0 Å². The van der Waals surface area contributed by atoms with Gasteiger partial charge in [-0.3, -0.25) is 4.57 Å². The highest BCUT2D eigenvalue weighted by molar-refractivity contribution is 7.26. The van der Waals surface area contributed by atoms with E-state index in [0.717, 1.165) is 49.9 Å². The third-order valence-electron chi connectivity index (χ3n) is 10.2. The summed E-state index contributed by atoms with van der Waals surface area (Å²) in [6, 6.07) is 62.0. The van der Waals surface area contributed by atoms with Crippen LogP contribution in [0, 0.1) is 0 Å². The molecular formula is C47H29N5S. The second-order valence-electron chi connectivity index (χ2n) is 13.3. The van der Waals surface area contributed by atoms with Gasteiger partial charge >= 0.3 is 0 Å². The Morgan fingerprint density at radius 3 is 1.96 bits per heavy atom. The van der Waals surface area contributed by atoms with Crippen LogP contribution in [0.5, 0.6) is 0 Å². The number of thiophene rings is 1. The Hall–Kier alpha value is -6.89. The van der Waals surface area contributed by atoms with Crippen LogP contribution in [0.25, 0.3) is 98.5 Å². The number of hydrogen-bond acceptors (Lipinski definition) is 4. The average molecular weight is 696 g/mol. The maximum absolute atomic E-state index is 5.30. The molecule has 0 aliphatic carbocycles. The van der Waals surface area contributed by atoms with E-state index in [1.54, 1.807) is 11.3 Å². The van der Waals surface area contributed by atoms with Gasteiger partial charge in [0.05, 0.1) is 22.2 Å². The van der Waals surface area contributed by atoms with Crippen molar-refractivity contribution >= 4 is 64.2 Å². The van der Waals surface area contributed by atoms with Crippen molar-refractivity contribution in [3.8, 4) is 45.7 Å². The molecule has 0 fully saturated rings. The highest BCUT2D eigenvalue weighted by atomic mass is 32.1. The van der Waals surface area contributed by atoms with Gasteiger partial charge in [0.1, 0.15) is 0 Å². The highest BCUT2D eigenvalue weighted by Gasteiger charge is 2.21. The van der Waals surface area contributed by atoms with E-state index in [9.17, 15) is 0 Å². The lowest BCUT2D eigenvalue weighted by atomic mass is 10.1. The molecule has 0 saturated carbocycles. The fourth-order valence-corrected chi connectivity index (χ4v) is 9.01. The van der Waals surface area contributed by atoms with Crippen molar-refractivity contribution in [2.24, 2.45) is 0 Å². The zero-order valence-electron chi connectivity index (χ0n) is 28.4. The molecule has 7 aromatic carbocycles. The third-order valence-corrected chi connectivity index (χ3v) is 11.4. The first-order valence-corrected chi connectivity index (χ1v) is 18.5. The zero-order chi connectivity index (χ0) is 34.9. The van der Waals surface area contributed by atoms with Crippen LogP contribution in [0.1, 0.15) is 0 Å². The van der Waals surface area contributed by atoms with Gasteiger partial charge in [-0.2, -0.15) is 9.97 Å². The molecule has 0 unspecified atom stereocenters. The molecule has 4 heterocycles. The topological polar surface area (TPSA) is 48.5 Å². The van der Waals surface area contributed by atoms with E-state index >= 15 is 0 Å². The summed E-state index contributed by atoms with van der Waals surface area (Å²) in [5, 5.41) is 5.94.